The lowest BCUT2D eigenvalue weighted by atomic mass is 10.1. The van der Waals surface area contributed by atoms with Gasteiger partial charge in [0.1, 0.15) is 18.3 Å². The summed E-state index contributed by atoms with van der Waals surface area (Å²) in [5, 5.41) is 2.94. The van der Waals surface area contributed by atoms with Crippen molar-refractivity contribution in [1.82, 2.24) is 10.2 Å². The van der Waals surface area contributed by atoms with E-state index in [1.807, 2.05) is 39.8 Å². The third-order valence-electron chi connectivity index (χ3n) is 7.37. The van der Waals surface area contributed by atoms with Crippen LogP contribution in [0, 0.1) is 13.8 Å². The Balaban J connectivity index is 2.11. The molecule has 0 spiro atoms. The second-order valence-electron chi connectivity index (χ2n) is 10.7. The molecule has 3 aromatic rings. The molecule has 0 aliphatic heterocycles. The number of nitrogens with one attached hydrogen (secondary N) is 1. The molecule has 2 amide bonds. The lowest BCUT2D eigenvalue weighted by Crippen LogP contribution is -2.52. The highest BCUT2D eigenvalue weighted by Gasteiger charge is 2.33. The van der Waals surface area contributed by atoms with Gasteiger partial charge in [-0.2, -0.15) is 0 Å². The number of hydrogen-bond donors (Lipinski definition) is 1. The van der Waals surface area contributed by atoms with Crippen molar-refractivity contribution in [3.8, 4) is 17.2 Å². The number of benzene rings is 3. The van der Waals surface area contributed by atoms with Crippen molar-refractivity contribution < 1.29 is 32.2 Å². The topological polar surface area (TPSA) is 114 Å². The van der Waals surface area contributed by atoms with Crippen LogP contribution in [-0.2, 0) is 26.2 Å². The third-order valence-corrected chi connectivity index (χ3v) is 9.14. The van der Waals surface area contributed by atoms with Crippen molar-refractivity contribution in [1.29, 1.82) is 0 Å². The summed E-state index contributed by atoms with van der Waals surface area (Å²) in [6.07, 6.45) is 0.715. The van der Waals surface area contributed by atoms with E-state index in [0.29, 0.717) is 23.6 Å². The number of hydrogen-bond acceptors (Lipinski definition) is 7. The van der Waals surface area contributed by atoms with Gasteiger partial charge in [-0.1, -0.05) is 25.1 Å². The monoisotopic (exact) mass is 625 g/mol. The summed E-state index contributed by atoms with van der Waals surface area (Å²) in [6.45, 7) is 8.70. The van der Waals surface area contributed by atoms with Crippen LogP contribution < -0.4 is 23.8 Å². The summed E-state index contributed by atoms with van der Waals surface area (Å²) in [7, 11) is 0.129. The minimum Gasteiger partial charge on any atom is -0.497 e. The quantitative estimate of drug-likeness (QED) is 0.272. The summed E-state index contributed by atoms with van der Waals surface area (Å²) < 4.78 is 45.6. The van der Waals surface area contributed by atoms with Gasteiger partial charge >= 0.3 is 0 Å². The number of carbonyl (C=O) groups excluding carboxylic acids is 2. The van der Waals surface area contributed by atoms with E-state index in [4.69, 9.17) is 14.2 Å². The predicted molar refractivity (Wildman–Crippen MR) is 171 cm³/mol. The Bertz CT molecular complexity index is 1560. The fraction of sp³-hybridized carbons (Fsp3) is 0.394. The van der Waals surface area contributed by atoms with E-state index in [1.54, 1.807) is 44.4 Å². The van der Waals surface area contributed by atoms with Crippen LogP contribution in [0.4, 0.5) is 5.69 Å². The maximum atomic E-state index is 14.3. The Morgan fingerprint density at radius 1 is 0.864 bits per heavy atom. The third kappa shape index (κ3) is 8.22. The van der Waals surface area contributed by atoms with Crippen molar-refractivity contribution in [2.24, 2.45) is 0 Å². The molecule has 3 rings (SSSR count). The number of aryl methyl sites for hydroxylation is 2. The van der Waals surface area contributed by atoms with Gasteiger partial charge in [0.2, 0.25) is 11.8 Å². The smallest absolute Gasteiger partial charge is 0.264 e. The first-order valence-corrected chi connectivity index (χ1v) is 15.8. The van der Waals surface area contributed by atoms with Crippen LogP contribution in [0.3, 0.4) is 0 Å². The number of ether oxygens (including phenoxy) is 3. The summed E-state index contributed by atoms with van der Waals surface area (Å²) in [6, 6.07) is 15.8. The molecule has 0 radical (unpaired) electrons. The van der Waals surface area contributed by atoms with Gasteiger partial charge in [0.05, 0.1) is 31.9 Å². The SMILES string of the molecule is CC[C@H](C)NC(=O)[C@@H](C)N(Cc1cccc(OC)c1)C(=O)CN(c1cc(C)cc(C)c1)S(=O)(=O)c1ccc(OC)c(OC)c1. The Labute approximate surface area is 261 Å². The first kappa shape index (κ1) is 34.2. The number of sulfonamides is 1. The van der Waals surface area contributed by atoms with Crippen LogP contribution in [0.2, 0.25) is 0 Å². The number of nitrogens with zero attached hydrogens (tertiary/aromatic N) is 2. The van der Waals surface area contributed by atoms with Crippen LogP contribution in [0.15, 0.2) is 65.6 Å². The van der Waals surface area contributed by atoms with Crippen molar-refractivity contribution in [3.05, 3.63) is 77.4 Å². The normalized spacial score (nSPS) is 12.5. The second-order valence-corrected chi connectivity index (χ2v) is 12.6. The molecule has 1 N–H and O–H groups in total. The molecule has 0 aromatic heterocycles. The standard InChI is InChI=1S/C33H43N3O7S/c1-9-24(4)34-33(38)25(5)35(20-26-11-10-12-28(18-26)41-6)32(37)21-36(27-16-22(2)15-23(3)17-27)44(39,40)29-13-14-30(42-7)31(19-29)43-8/h10-19,24-25H,9,20-21H2,1-8H3,(H,34,38)/t24-,25+/m0/s1. The van der Waals surface area contributed by atoms with Crippen LogP contribution in [-0.4, -0.2) is 65.1 Å². The molecule has 0 bridgehead atoms. The lowest BCUT2D eigenvalue weighted by Gasteiger charge is -2.32. The highest BCUT2D eigenvalue weighted by molar-refractivity contribution is 7.92. The molecule has 0 unspecified atom stereocenters. The fourth-order valence-electron chi connectivity index (χ4n) is 4.74. The van der Waals surface area contributed by atoms with Crippen LogP contribution in [0.5, 0.6) is 17.2 Å². The fourth-order valence-corrected chi connectivity index (χ4v) is 6.16. The van der Waals surface area contributed by atoms with Crippen LogP contribution >= 0.6 is 0 Å². The van der Waals surface area contributed by atoms with E-state index in [1.165, 1.54) is 37.3 Å². The molecule has 10 nitrogen and oxygen atoms in total. The van der Waals surface area contributed by atoms with Crippen LogP contribution in [0.1, 0.15) is 43.9 Å². The van der Waals surface area contributed by atoms with Gasteiger partial charge in [-0.25, -0.2) is 8.42 Å². The van der Waals surface area contributed by atoms with Gasteiger partial charge in [0, 0.05) is 18.7 Å². The molecule has 0 saturated heterocycles. The lowest BCUT2D eigenvalue weighted by molar-refractivity contribution is -0.139. The maximum absolute atomic E-state index is 14.3. The molecule has 0 heterocycles. The number of rotatable bonds is 14. The highest BCUT2D eigenvalue weighted by Crippen LogP contribution is 2.33. The Kier molecular flexibility index (Phi) is 11.6. The van der Waals surface area contributed by atoms with Crippen LogP contribution in [0.25, 0.3) is 0 Å². The zero-order valence-corrected chi connectivity index (χ0v) is 27.5. The molecular weight excluding hydrogens is 582 g/mol. The molecule has 2 atom stereocenters. The van der Waals surface area contributed by atoms with Gasteiger partial charge in [-0.15, -0.1) is 0 Å². The maximum Gasteiger partial charge on any atom is 0.264 e. The molecule has 0 saturated carbocycles. The number of carbonyl (C=O) groups is 2. The van der Waals surface area contributed by atoms with Crippen molar-refractivity contribution in [2.75, 3.05) is 32.2 Å². The summed E-state index contributed by atoms with van der Waals surface area (Å²) >= 11 is 0. The Morgan fingerprint density at radius 2 is 1.52 bits per heavy atom. The van der Waals surface area contributed by atoms with E-state index in [9.17, 15) is 18.0 Å². The molecule has 11 heteroatoms. The average Bonchev–Trinajstić information content (AvgIpc) is 3.00. The number of methoxy groups -OCH3 is 3. The first-order valence-electron chi connectivity index (χ1n) is 14.4. The zero-order chi connectivity index (χ0) is 32.6. The van der Waals surface area contributed by atoms with Gasteiger partial charge in [0.15, 0.2) is 11.5 Å². The zero-order valence-electron chi connectivity index (χ0n) is 26.7. The van der Waals surface area contributed by atoms with E-state index in [-0.39, 0.29) is 29.1 Å². The van der Waals surface area contributed by atoms with Crippen molar-refractivity contribution in [2.45, 2.75) is 64.6 Å². The molecule has 0 fully saturated rings. The van der Waals surface area contributed by atoms with E-state index in [2.05, 4.69) is 5.32 Å². The molecule has 0 aliphatic rings. The predicted octanol–water partition coefficient (Wildman–Crippen LogP) is 4.86. The number of anilines is 1. The summed E-state index contributed by atoms with van der Waals surface area (Å²) in [5.41, 5.74) is 2.70. The van der Waals surface area contributed by atoms with E-state index < -0.39 is 28.5 Å². The second kappa shape index (κ2) is 15.0. The van der Waals surface area contributed by atoms with Gasteiger partial charge in [0.25, 0.3) is 10.0 Å². The van der Waals surface area contributed by atoms with Gasteiger partial charge < -0.3 is 24.4 Å². The number of amides is 2. The van der Waals surface area contributed by atoms with Crippen molar-refractivity contribution >= 4 is 27.5 Å². The largest absolute Gasteiger partial charge is 0.497 e. The van der Waals surface area contributed by atoms with Crippen molar-refractivity contribution in [3.63, 3.8) is 0 Å². The minimum atomic E-state index is -4.30. The van der Waals surface area contributed by atoms with Gasteiger partial charge in [-0.3, -0.25) is 13.9 Å². The van der Waals surface area contributed by atoms with E-state index in [0.717, 1.165) is 21.0 Å². The first-order chi connectivity index (χ1) is 20.8. The van der Waals surface area contributed by atoms with Gasteiger partial charge in [-0.05, 0) is 87.2 Å². The molecule has 3 aromatic carbocycles. The molecule has 0 aliphatic carbocycles. The minimum absolute atomic E-state index is 0.0578. The highest BCUT2D eigenvalue weighted by atomic mass is 32.2. The average molecular weight is 626 g/mol. The summed E-state index contributed by atoms with van der Waals surface area (Å²) in [5.74, 6) is 0.306. The Morgan fingerprint density at radius 3 is 2.11 bits per heavy atom. The molecular formula is C33H43N3O7S. The Hall–Kier alpha value is -4.25. The summed E-state index contributed by atoms with van der Waals surface area (Å²) in [4.78, 5) is 28.8. The molecule has 44 heavy (non-hydrogen) atoms. The van der Waals surface area contributed by atoms with E-state index >= 15 is 0 Å². The molecule has 238 valence electrons.